The molecule has 0 fully saturated rings. The number of hydrogen-bond donors (Lipinski definition) is 1. The number of hydrogen-bond acceptors (Lipinski definition) is 3. The Morgan fingerprint density at radius 1 is 1.05 bits per heavy atom. The summed E-state index contributed by atoms with van der Waals surface area (Å²) in [6.07, 6.45) is 0. The normalized spacial score (nSPS) is 12.0. The molecular formula is C18H23NO2. The van der Waals surface area contributed by atoms with Gasteiger partial charge in [0.2, 0.25) is 0 Å². The van der Waals surface area contributed by atoms with Gasteiger partial charge in [0.1, 0.15) is 5.75 Å². The van der Waals surface area contributed by atoms with Crippen molar-refractivity contribution < 1.29 is 9.47 Å². The average Bonchev–Trinajstić information content (AvgIpc) is 2.49. The van der Waals surface area contributed by atoms with Crippen LogP contribution in [0, 0.1) is 6.92 Å². The first kappa shape index (κ1) is 15.4. The van der Waals surface area contributed by atoms with E-state index in [0.29, 0.717) is 0 Å². The molecule has 0 amide bonds. The van der Waals surface area contributed by atoms with E-state index in [1.54, 1.807) is 7.11 Å². The van der Waals surface area contributed by atoms with Crippen molar-refractivity contribution in [1.82, 2.24) is 5.32 Å². The Balaban J connectivity index is 2.31. The van der Waals surface area contributed by atoms with Crippen LogP contribution in [0.15, 0.2) is 42.5 Å². The number of benzene rings is 2. The van der Waals surface area contributed by atoms with Crippen LogP contribution in [-0.4, -0.2) is 13.7 Å². The van der Waals surface area contributed by atoms with E-state index in [1.165, 1.54) is 0 Å². The van der Waals surface area contributed by atoms with Gasteiger partial charge in [-0.3, -0.25) is 0 Å². The third-order valence-corrected chi connectivity index (χ3v) is 3.43. The van der Waals surface area contributed by atoms with Crippen molar-refractivity contribution in [2.45, 2.75) is 26.8 Å². The van der Waals surface area contributed by atoms with Crippen LogP contribution in [0.4, 0.5) is 0 Å². The summed E-state index contributed by atoms with van der Waals surface area (Å²) in [6.45, 7) is 7.19. The van der Waals surface area contributed by atoms with Crippen LogP contribution in [0.1, 0.15) is 31.0 Å². The fourth-order valence-electron chi connectivity index (χ4n) is 2.32. The van der Waals surface area contributed by atoms with Crippen LogP contribution >= 0.6 is 0 Å². The molecule has 0 heterocycles. The summed E-state index contributed by atoms with van der Waals surface area (Å²) in [5.74, 6) is 2.34. The molecule has 0 aliphatic carbocycles. The molecule has 2 aromatic carbocycles. The largest absolute Gasteiger partial charge is 0.493 e. The van der Waals surface area contributed by atoms with E-state index in [0.717, 1.165) is 34.9 Å². The monoisotopic (exact) mass is 285 g/mol. The van der Waals surface area contributed by atoms with E-state index in [9.17, 15) is 0 Å². The Hall–Kier alpha value is -2.00. The second-order valence-corrected chi connectivity index (χ2v) is 5.07. The molecule has 0 saturated heterocycles. The lowest BCUT2D eigenvalue weighted by molar-refractivity contribution is 0.375. The van der Waals surface area contributed by atoms with Crippen LogP contribution in [-0.2, 0) is 0 Å². The highest BCUT2D eigenvalue weighted by molar-refractivity contribution is 5.47. The van der Waals surface area contributed by atoms with Crippen molar-refractivity contribution in [3.8, 4) is 17.2 Å². The second kappa shape index (κ2) is 7.14. The van der Waals surface area contributed by atoms with Gasteiger partial charge in [-0.05, 0) is 44.2 Å². The number of ether oxygens (including phenoxy) is 2. The summed E-state index contributed by atoms with van der Waals surface area (Å²) >= 11 is 0. The van der Waals surface area contributed by atoms with Crippen LogP contribution in [0.25, 0.3) is 0 Å². The van der Waals surface area contributed by atoms with Gasteiger partial charge in [-0.2, -0.15) is 0 Å². The van der Waals surface area contributed by atoms with Gasteiger partial charge in [-0.15, -0.1) is 0 Å². The standard InChI is InChI=1S/C18H23NO2/c1-5-19-14(3)15-8-6-7-9-16(15)21-17-11-10-13(2)12-18(17)20-4/h6-12,14,19H,5H2,1-4H3. The molecule has 0 radical (unpaired) electrons. The number of para-hydroxylation sites is 1. The summed E-state index contributed by atoms with van der Waals surface area (Å²) in [7, 11) is 1.66. The molecule has 2 aromatic rings. The zero-order valence-corrected chi connectivity index (χ0v) is 13.1. The second-order valence-electron chi connectivity index (χ2n) is 5.07. The molecular weight excluding hydrogens is 262 g/mol. The summed E-state index contributed by atoms with van der Waals surface area (Å²) in [5.41, 5.74) is 2.29. The first-order valence-corrected chi connectivity index (χ1v) is 7.30. The topological polar surface area (TPSA) is 30.5 Å². The minimum atomic E-state index is 0.239. The van der Waals surface area contributed by atoms with Crippen molar-refractivity contribution in [2.24, 2.45) is 0 Å². The highest BCUT2D eigenvalue weighted by Gasteiger charge is 2.13. The number of aryl methyl sites for hydroxylation is 1. The minimum Gasteiger partial charge on any atom is -0.493 e. The van der Waals surface area contributed by atoms with Crippen LogP contribution in [0.2, 0.25) is 0 Å². The fourth-order valence-corrected chi connectivity index (χ4v) is 2.32. The van der Waals surface area contributed by atoms with Gasteiger partial charge < -0.3 is 14.8 Å². The van der Waals surface area contributed by atoms with Gasteiger partial charge in [0.05, 0.1) is 7.11 Å². The Kier molecular flexibility index (Phi) is 5.23. The third kappa shape index (κ3) is 3.76. The number of nitrogens with one attached hydrogen (secondary N) is 1. The average molecular weight is 285 g/mol. The van der Waals surface area contributed by atoms with Gasteiger partial charge in [0.15, 0.2) is 11.5 Å². The maximum absolute atomic E-state index is 6.09. The molecule has 3 heteroatoms. The van der Waals surface area contributed by atoms with E-state index in [-0.39, 0.29) is 6.04 Å². The maximum atomic E-state index is 6.09. The highest BCUT2D eigenvalue weighted by Crippen LogP contribution is 2.35. The van der Waals surface area contributed by atoms with Crippen molar-refractivity contribution in [1.29, 1.82) is 0 Å². The Morgan fingerprint density at radius 3 is 2.52 bits per heavy atom. The lowest BCUT2D eigenvalue weighted by atomic mass is 10.1. The molecule has 21 heavy (non-hydrogen) atoms. The van der Waals surface area contributed by atoms with Gasteiger partial charge in [0.25, 0.3) is 0 Å². The number of methoxy groups -OCH3 is 1. The maximum Gasteiger partial charge on any atom is 0.169 e. The number of rotatable bonds is 6. The van der Waals surface area contributed by atoms with Gasteiger partial charge >= 0.3 is 0 Å². The molecule has 0 bridgehead atoms. The van der Waals surface area contributed by atoms with Crippen molar-refractivity contribution in [2.75, 3.05) is 13.7 Å². The molecule has 0 aliphatic rings. The lowest BCUT2D eigenvalue weighted by Crippen LogP contribution is -2.18. The van der Waals surface area contributed by atoms with Crippen molar-refractivity contribution in [3.63, 3.8) is 0 Å². The van der Waals surface area contributed by atoms with Crippen LogP contribution in [0.5, 0.6) is 17.2 Å². The van der Waals surface area contributed by atoms with Crippen molar-refractivity contribution in [3.05, 3.63) is 53.6 Å². The zero-order valence-electron chi connectivity index (χ0n) is 13.1. The third-order valence-electron chi connectivity index (χ3n) is 3.43. The molecule has 1 unspecified atom stereocenters. The van der Waals surface area contributed by atoms with E-state index in [4.69, 9.17) is 9.47 Å². The SMILES string of the molecule is CCNC(C)c1ccccc1Oc1ccc(C)cc1OC. The summed E-state index contributed by atoms with van der Waals surface area (Å²) in [5, 5.41) is 3.41. The lowest BCUT2D eigenvalue weighted by Gasteiger charge is -2.18. The quantitative estimate of drug-likeness (QED) is 0.849. The minimum absolute atomic E-state index is 0.239. The van der Waals surface area contributed by atoms with E-state index in [1.807, 2.05) is 43.3 Å². The van der Waals surface area contributed by atoms with E-state index >= 15 is 0 Å². The van der Waals surface area contributed by atoms with Crippen molar-refractivity contribution >= 4 is 0 Å². The fraction of sp³-hybridized carbons (Fsp3) is 0.333. The summed E-state index contributed by atoms with van der Waals surface area (Å²) in [4.78, 5) is 0. The Morgan fingerprint density at radius 2 is 1.81 bits per heavy atom. The first-order chi connectivity index (χ1) is 10.2. The molecule has 112 valence electrons. The molecule has 3 nitrogen and oxygen atoms in total. The molecule has 0 saturated carbocycles. The van der Waals surface area contributed by atoms with E-state index < -0.39 is 0 Å². The summed E-state index contributed by atoms with van der Waals surface area (Å²) in [6, 6.07) is 14.3. The molecule has 0 aromatic heterocycles. The van der Waals surface area contributed by atoms with Crippen LogP contribution in [0.3, 0.4) is 0 Å². The predicted octanol–water partition coefficient (Wildman–Crippen LogP) is 4.47. The van der Waals surface area contributed by atoms with Crippen LogP contribution < -0.4 is 14.8 Å². The molecule has 2 rings (SSSR count). The molecule has 0 spiro atoms. The first-order valence-electron chi connectivity index (χ1n) is 7.30. The van der Waals surface area contributed by atoms with E-state index in [2.05, 4.69) is 25.2 Å². The zero-order chi connectivity index (χ0) is 15.2. The van der Waals surface area contributed by atoms with Gasteiger partial charge in [-0.25, -0.2) is 0 Å². The van der Waals surface area contributed by atoms with Gasteiger partial charge in [0, 0.05) is 11.6 Å². The molecule has 1 atom stereocenters. The molecule has 0 aliphatic heterocycles. The highest BCUT2D eigenvalue weighted by atomic mass is 16.5. The smallest absolute Gasteiger partial charge is 0.169 e. The Labute approximate surface area is 126 Å². The Bertz CT molecular complexity index is 596. The predicted molar refractivity (Wildman–Crippen MR) is 86.3 cm³/mol. The van der Waals surface area contributed by atoms with Gasteiger partial charge in [-0.1, -0.05) is 31.2 Å². The molecule has 1 N–H and O–H groups in total. The summed E-state index contributed by atoms with van der Waals surface area (Å²) < 4.78 is 11.5.